The van der Waals surface area contributed by atoms with Gasteiger partial charge >= 0.3 is 0 Å². The number of para-hydroxylation sites is 1. The molecule has 0 heterocycles. The van der Waals surface area contributed by atoms with Crippen LogP contribution in [0.2, 0.25) is 0 Å². The van der Waals surface area contributed by atoms with E-state index in [0.29, 0.717) is 6.61 Å². The highest BCUT2D eigenvalue weighted by Gasteiger charge is 2.14. The maximum Gasteiger partial charge on any atom is 0.127 e. The predicted molar refractivity (Wildman–Crippen MR) is 92.0 cm³/mol. The lowest BCUT2D eigenvalue weighted by Crippen LogP contribution is -2.04. The molecule has 2 aromatic rings. The van der Waals surface area contributed by atoms with Crippen LogP contribution in [0.1, 0.15) is 43.2 Å². The summed E-state index contributed by atoms with van der Waals surface area (Å²) in [5.74, 6) is 0.836. The fourth-order valence-electron chi connectivity index (χ4n) is 3.04. The normalized spacial score (nSPS) is 15.5. The molecule has 0 bridgehead atoms. The molecule has 1 radical (unpaired) electrons. The molecule has 1 heteroatoms. The minimum absolute atomic E-state index is 0.684. The quantitative estimate of drug-likeness (QED) is 0.713. The van der Waals surface area contributed by atoms with E-state index in [0.717, 1.165) is 12.2 Å². The van der Waals surface area contributed by atoms with Crippen LogP contribution in [0.15, 0.2) is 54.1 Å². The van der Waals surface area contributed by atoms with Gasteiger partial charge in [0.15, 0.2) is 0 Å². The second-order valence-corrected chi connectivity index (χ2v) is 6.02. The summed E-state index contributed by atoms with van der Waals surface area (Å²) in [5.41, 5.74) is 5.63. The zero-order valence-corrected chi connectivity index (χ0v) is 13.3. The molecule has 113 valence electrons. The van der Waals surface area contributed by atoms with Crippen molar-refractivity contribution in [1.29, 1.82) is 0 Å². The van der Waals surface area contributed by atoms with Crippen LogP contribution in [0.25, 0.3) is 5.57 Å². The number of aryl methyl sites for hydroxylation is 1. The number of allylic oxidation sites excluding steroid dienone is 1. The maximum atomic E-state index is 5.96. The van der Waals surface area contributed by atoms with E-state index in [1.807, 2.05) is 24.3 Å². The molecule has 0 N–H and O–H groups in total. The van der Waals surface area contributed by atoms with Gasteiger partial charge in [-0.3, -0.25) is 0 Å². The zero-order chi connectivity index (χ0) is 15.2. The highest BCUT2D eigenvalue weighted by Crippen LogP contribution is 2.31. The number of hydrogen-bond acceptors (Lipinski definition) is 1. The van der Waals surface area contributed by atoms with Gasteiger partial charge in [0.2, 0.25) is 0 Å². The van der Waals surface area contributed by atoms with Gasteiger partial charge in [-0.15, -0.1) is 0 Å². The molecule has 0 amide bonds. The lowest BCUT2D eigenvalue weighted by molar-refractivity contribution is 0.346. The van der Waals surface area contributed by atoms with Crippen molar-refractivity contribution in [3.8, 4) is 5.75 Å². The molecular formula is C21H23O. The van der Waals surface area contributed by atoms with Crippen LogP contribution < -0.4 is 4.74 Å². The highest BCUT2D eigenvalue weighted by molar-refractivity contribution is 5.69. The van der Waals surface area contributed by atoms with Crippen LogP contribution in [-0.4, -0.2) is 6.61 Å². The fourth-order valence-corrected chi connectivity index (χ4v) is 3.04. The predicted octanol–water partition coefficient (Wildman–Crippen LogP) is 5.59. The van der Waals surface area contributed by atoms with Gasteiger partial charge in [0.25, 0.3) is 0 Å². The molecule has 22 heavy (non-hydrogen) atoms. The maximum absolute atomic E-state index is 5.96. The first-order valence-corrected chi connectivity index (χ1v) is 8.20. The van der Waals surface area contributed by atoms with E-state index in [4.69, 9.17) is 4.74 Å². The summed E-state index contributed by atoms with van der Waals surface area (Å²) in [4.78, 5) is 0. The number of hydrogen-bond donors (Lipinski definition) is 0. The average Bonchev–Trinajstić information content (AvgIpc) is 2.80. The van der Waals surface area contributed by atoms with Gasteiger partial charge in [0.1, 0.15) is 12.4 Å². The van der Waals surface area contributed by atoms with E-state index in [1.54, 1.807) is 0 Å². The minimum Gasteiger partial charge on any atom is -0.489 e. The molecule has 0 saturated heterocycles. The molecule has 0 aromatic heterocycles. The topological polar surface area (TPSA) is 9.23 Å². The lowest BCUT2D eigenvalue weighted by Gasteiger charge is -2.14. The fraction of sp³-hybridized carbons (Fsp3) is 0.333. The van der Waals surface area contributed by atoms with Crippen LogP contribution >= 0.6 is 0 Å². The molecule has 2 aromatic carbocycles. The van der Waals surface area contributed by atoms with Crippen LogP contribution in [-0.2, 0) is 0 Å². The molecule has 0 aliphatic heterocycles. The molecule has 0 spiro atoms. The Kier molecular flexibility index (Phi) is 4.95. The van der Waals surface area contributed by atoms with Crippen molar-refractivity contribution in [2.75, 3.05) is 6.61 Å². The third kappa shape index (κ3) is 3.79. The summed E-state index contributed by atoms with van der Waals surface area (Å²) >= 11 is 0. The van der Waals surface area contributed by atoms with E-state index >= 15 is 0 Å². The Bertz CT molecular complexity index is 623. The average molecular weight is 291 g/mol. The summed E-state index contributed by atoms with van der Waals surface area (Å²) in [5, 5.41) is 0. The van der Waals surface area contributed by atoms with E-state index in [2.05, 4.69) is 37.3 Å². The second kappa shape index (κ2) is 7.31. The summed E-state index contributed by atoms with van der Waals surface area (Å²) < 4.78 is 5.96. The van der Waals surface area contributed by atoms with Crippen molar-refractivity contribution in [3.05, 3.63) is 71.3 Å². The number of rotatable bonds is 4. The van der Waals surface area contributed by atoms with Gasteiger partial charge in [0.05, 0.1) is 0 Å². The molecule has 0 saturated carbocycles. The Morgan fingerprint density at radius 3 is 2.55 bits per heavy atom. The van der Waals surface area contributed by atoms with Crippen LogP contribution in [0.3, 0.4) is 0 Å². The molecule has 1 nitrogen and oxygen atoms in total. The first-order valence-electron chi connectivity index (χ1n) is 8.20. The SMILES string of the molecule is Cc1ccc(C2=C(COc3[c]cccc3)CCCCC2)cc1. The van der Waals surface area contributed by atoms with Gasteiger partial charge in [-0.25, -0.2) is 0 Å². The van der Waals surface area contributed by atoms with E-state index in [1.165, 1.54) is 48.0 Å². The molecule has 0 fully saturated rings. The Hall–Kier alpha value is -2.02. The molecule has 0 unspecified atom stereocenters. The van der Waals surface area contributed by atoms with Crippen molar-refractivity contribution < 1.29 is 4.74 Å². The second-order valence-electron chi connectivity index (χ2n) is 6.02. The first kappa shape index (κ1) is 14.9. The molecule has 1 aliphatic rings. The smallest absolute Gasteiger partial charge is 0.127 e. The van der Waals surface area contributed by atoms with Gasteiger partial charge in [-0.1, -0.05) is 54.4 Å². The first-order chi connectivity index (χ1) is 10.8. The summed E-state index contributed by atoms with van der Waals surface area (Å²) in [6, 6.07) is 19.9. The Labute approximate surface area is 133 Å². The summed E-state index contributed by atoms with van der Waals surface area (Å²) in [7, 11) is 0. The van der Waals surface area contributed by atoms with Crippen molar-refractivity contribution in [1.82, 2.24) is 0 Å². The molecule has 3 rings (SSSR count). The third-order valence-electron chi connectivity index (χ3n) is 4.31. The van der Waals surface area contributed by atoms with Crippen LogP contribution in [0.5, 0.6) is 5.75 Å². The molecule has 1 aliphatic carbocycles. The third-order valence-corrected chi connectivity index (χ3v) is 4.31. The van der Waals surface area contributed by atoms with E-state index in [-0.39, 0.29) is 0 Å². The van der Waals surface area contributed by atoms with Crippen molar-refractivity contribution in [3.63, 3.8) is 0 Å². The van der Waals surface area contributed by atoms with E-state index < -0.39 is 0 Å². The van der Waals surface area contributed by atoms with Crippen molar-refractivity contribution in [2.24, 2.45) is 0 Å². The van der Waals surface area contributed by atoms with Crippen LogP contribution in [0.4, 0.5) is 0 Å². The van der Waals surface area contributed by atoms with Gasteiger partial charge in [-0.05, 0) is 55.4 Å². The van der Waals surface area contributed by atoms with Crippen LogP contribution in [0, 0.1) is 13.0 Å². The molecular weight excluding hydrogens is 268 g/mol. The Morgan fingerprint density at radius 2 is 1.77 bits per heavy atom. The largest absolute Gasteiger partial charge is 0.489 e. The van der Waals surface area contributed by atoms with Crippen molar-refractivity contribution >= 4 is 5.57 Å². The van der Waals surface area contributed by atoms with E-state index in [9.17, 15) is 0 Å². The molecule has 0 atom stereocenters. The summed E-state index contributed by atoms with van der Waals surface area (Å²) in [6.45, 7) is 2.82. The lowest BCUT2D eigenvalue weighted by atomic mass is 9.95. The number of benzene rings is 2. The zero-order valence-electron chi connectivity index (χ0n) is 13.3. The van der Waals surface area contributed by atoms with Gasteiger partial charge in [0, 0.05) is 6.07 Å². The monoisotopic (exact) mass is 291 g/mol. The Balaban J connectivity index is 1.83. The van der Waals surface area contributed by atoms with Crippen molar-refractivity contribution in [2.45, 2.75) is 39.0 Å². The highest BCUT2D eigenvalue weighted by atomic mass is 16.5. The standard InChI is InChI=1S/C21H23O/c1-17-12-14-18(15-13-17)21-11-7-2-4-8-19(21)16-22-20-9-5-3-6-10-20/h3,5-6,9,12-15H,2,4,7-8,11,16H2,1H3. The minimum atomic E-state index is 0.684. The van der Waals surface area contributed by atoms with Gasteiger partial charge < -0.3 is 4.74 Å². The Morgan fingerprint density at radius 1 is 0.955 bits per heavy atom. The number of ether oxygens (including phenoxy) is 1. The van der Waals surface area contributed by atoms with Gasteiger partial charge in [-0.2, -0.15) is 0 Å². The summed E-state index contributed by atoms with van der Waals surface area (Å²) in [6.07, 6.45) is 6.18.